The van der Waals surface area contributed by atoms with Crippen LogP contribution in [0.3, 0.4) is 0 Å². The molecule has 2 aromatic rings. The van der Waals surface area contributed by atoms with Gasteiger partial charge in [-0.15, -0.1) is 0 Å². The number of carbonyl (C=O) groups is 2. The lowest BCUT2D eigenvalue weighted by Crippen LogP contribution is -2.43. The Balaban J connectivity index is 1.34. The second-order valence-corrected chi connectivity index (χ2v) is 6.97. The number of likely N-dealkylation sites (tertiary alicyclic amines) is 1. The van der Waals surface area contributed by atoms with E-state index in [0.29, 0.717) is 31.3 Å². The summed E-state index contributed by atoms with van der Waals surface area (Å²) in [5.41, 5.74) is 1.00. The summed E-state index contributed by atoms with van der Waals surface area (Å²) in [6, 6.07) is 16.7. The molecule has 0 unspecified atom stereocenters. The first-order valence-corrected chi connectivity index (χ1v) is 9.59. The minimum atomic E-state index is -0.319. The SMILES string of the molecule is Cc1ccccc1OCC(=O)NCC1CCN(C(=O)Oc2ccccc2)CC1. The predicted molar refractivity (Wildman–Crippen MR) is 106 cm³/mol. The van der Waals surface area contributed by atoms with Gasteiger partial charge in [-0.25, -0.2) is 4.79 Å². The minimum absolute atomic E-state index is 0.00704. The molecular weight excluding hydrogens is 356 g/mol. The average Bonchev–Trinajstić information content (AvgIpc) is 2.73. The number of ether oxygens (including phenoxy) is 2. The first kappa shape index (κ1) is 19.7. The van der Waals surface area contributed by atoms with Gasteiger partial charge in [0.05, 0.1) is 0 Å². The summed E-state index contributed by atoms with van der Waals surface area (Å²) in [6.07, 6.45) is 1.35. The lowest BCUT2D eigenvalue weighted by molar-refractivity contribution is -0.123. The molecule has 0 radical (unpaired) electrons. The first-order chi connectivity index (χ1) is 13.6. The Morgan fingerprint density at radius 1 is 1.04 bits per heavy atom. The van der Waals surface area contributed by atoms with Gasteiger partial charge in [0.15, 0.2) is 6.61 Å². The molecule has 2 amide bonds. The van der Waals surface area contributed by atoms with Gasteiger partial charge in [0, 0.05) is 19.6 Å². The van der Waals surface area contributed by atoms with Crippen LogP contribution in [0.5, 0.6) is 11.5 Å². The molecule has 0 atom stereocenters. The number of hydrogen-bond acceptors (Lipinski definition) is 4. The molecule has 1 saturated heterocycles. The highest BCUT2D eigenvalue weighted by Crippen LogP contribution is 2.19. The fraction of sp³-hybridized carbons (Fsp3) is 0.364. The van der Waals surface area contributed by atoms with Gasteiger partial charge in [-0.05, 0) is 49.4 Å². The van der Waals surface area contributed by atoms with Crippen LogP contribution in [0.2, 0.25) is 0 Å². The molecular formula is C22H26N2O4. The highest BCUT2D eigenvalue weighted by molar-refractivity contribution is 5.77. The van der Waals surface area contributed by atoms with Gasteiger partial charge in [-0.1, -0.05) is 36.4 Å². The molecule has 3 rings (SSSR count). The molecule has 0 spiro atoms. The predicted octanol–water partition coefficient (Wildman–Crippen LogP) is 3.40. The number of nitrogens with zero attached hydrogens (tertiary/aromatic N) is 1. The Labute approximate surface area is 165 Å². The quantitative estimate of drug-likeness (QED) is 0.831. The molecule has 28 heavy (non-hydrogen) atoms. The van der Waals surface area contributed by atoms with Crippen LogP contribution in [-0.2, 0) is 4.79 Å². The van der Waals surface area contributed by atoms with Crippen molar-refractivity contribution in [3.8, 4) is 11.5 Å². The van der Waals surface area contributed by atoms with Gasteiger partial charge in [0.25, 0.3) is 5.91 Å². The smallest absolute Gasteiger partial charge is 0.415 e. The maximum Gasteiger partial charge on any atom is 0.415 e. The molecule has 0 bridgehead atoms. The zero-order valence-corrected chi connectivity index (χ0v) is 16.1. The zero-order valence-electron chi connectivity index (χ0n) is 16.1. The van der Waals surface area contributed by atoms with E-state index in [2.05, 4.69) is 5.32 Å². The van der Waals surface area contributed by atoms with Crippen molar-refractivity contribution in [1.29, 1.82) is 0 Å². The Morgan fingerprint density at radius 2 is 1.71 bits per heavy atom. The number of hydrogen-bond donors (Lipinski definition) is 1. The summed E-state index contributed by atoms with van der Waals surface area (Å²) in [5.74, 6) is 1.50. The monoisotopic (exact) mass is 382 g/mol. The fourth-order valence-electron chi connectivity index (χ4n) is 3.14. The molecule has 0 aliphatic carbocycles. The first-order valence-electron chi connectivity index (χ1n) is 9.59. The van der Waals surface area contributed by atoms with E-state index >= 15 is 0 Å². The Kier molecular flexibility index (Phi) is 6.89. The van der Waals surface area contributed by atoms with Gasteiger partial charge in [0.1, 0.15) is 11.5 Å². The van der Waals surface area contributed by atoms with Crippen LogP contribution in [0.4, 0.5) is 4.79 Å². The highest BCUT2D eigenvalue weighted by atomic mass is 16.6. The third kappa shape index (κ3) is 5.74. The summed E-state index contributed by atoms with van der Waals surface area (Å²) in [6.45, 7) is 3.81. The van der Waals surface area contributed by atoms with Crippen molar-refractivity contribution in [3.05, 3.63) is 60.2 Å². The van der Waals surface area contributed by atoms with Crippen LogP contribution in [0.15, 0.2) is 54.6 Å². The molecule has 148 valence electrons. The van der Waals surface area contributed by atoms with E-state index in [0.717, 1.165) is 24.2 Å². The van der Waals surface area contributed by atoms with Crippen molar-refractivity contribution in [2.45, 2.75) is 19.8 Å². The van der Waals surface area contributed by atoms with Crippen LogP contribution in [-0.4, -0.2) is 43.1 Å². The molecule has 6 nitrogen and oxygen atoms in total. The van der Waals surface area contributed by atoms with E-state index < -0.39 is 0 Å². The van der Waals surface area contributed by atoms with Gasteiger partial charge in [0.2, 0.25) is 0 Å². The fourth-order valence-corrected chi connectivity index (χ4v) is 3.14. The molecule has 2 aromatic carbocycles. The molecule has 0 aromatic heterocycles. The number of aryl methyl sites for hydroxylation is 1. The molecule has 1 aliphatic rings. The summed E-state index contributed by atoms with van der Waals surface area (Å²) in [4.78, 5) is 25.9. The maximum absolute atomic E-state index is 12.2. The molecule has 1 fully saturated rings. The molecule has 6 heteroatoms. The lowest BCUT2D eigenvalue weighted by Gasteiger charge is -2.31. The summed E-state index contributed by atoms with van der Waals surface area (Å²) < 4.78 is 10.9. The maximum atomic E-state index is 12.2. The van der Waals surface area contributed by atoms with Crippen molar-refractivity contribution < 1.29 is 19.1 Å². The summed E-state index contributed by atoms with van der Waals surface area (Å²) in [7, 11) is 0. The van der Waals surface area contributed by atoms with Gasteiger partial charge < -0.3 is 19.7 Å². The number of rotatable bonds is 6. The van der Waals surface area contributed by atoms with Crippen molar-refractivity contribution in [2.24, 2.45) is 5.92 Å². The Morgan fingerprint density at radius 3 is 2.43 bits per heavy atom. The van der Waals surface area contributed by atoms with Gasteiger partial charge >= 0.3 is 6.09 Å². The van der Waals surface area contributed by atoms with Gasteiger partial charge in [-0.2, -0.15) is 0 Å². The van der Waals surface area contributed by atoms with Crippen LogP contribution in [0, 0.1) is 12.8 Å². The Hall–Kier alpha value is -3.02. The van der Waals surface area contributed by atoms with Crippen molar-refractivity contribution in [2.75, 3.05) is 26.2 Å². The standard InChI is InChI=1S/C22H26N2O4/c1-17-7-5-6-10-20(17)27-16-21(25)23-15-18-11-13-24(14-12-18)22(26)28-19-8-3-2-4-9-19/h2-10,18H,11-16H2,1H3,(H,23,25). The van der Waals surface area contributed by atoms with E-state index in [1.54, 1.807) is 17.0 Å². The third-order valence-corrected chi connectivity index (χ3v) is 4.86. The zero-order chi connectivity index (χ0) is 19.8. The molecule has 1 heterocycles. The topological polar surface area (TPSA) is 67.9 Å². The number of nitrogens with one attached hydrogen (secondary N) is 1. The van der Waals surface area contributed by atoms with Crippen LogP contribution < -0.4 is 14.8 Å². The molecule has 1 aliphatic heterocycles. The summed E-state index contributed by atoms with van der Waals surface area (Å²) in [5, 5.41) is 2.93. The van der Waals surface area contributed by atoms with E-state index in [-0.39, 0.29) is 18.6 Å². The Bertz CT molecular complexity index is 786. The van der Waals surface area contributed by atoms with E-state index in [4.69, 9.17) is 9.47 Å². The second-order valence-electron chi connectivity index (χ2n) is 6.97. The number of carbonyl (C=O) groups excluding carboxylic acids is 2. The van der Waals surface area contributed by atoms with E-state index in [1.165, 1.54) is 0 Å². The number of para-hydroxylation sites is 2. The van der Waals surface area contributed by atoms with Crippen molar-refractivity contribution >= 4 is 12.0 Å². The molecule has 0 saturated carbocycles. The molecule has 1 N–H and O–H groups in total. The number of benzene rings is 2. The van der Waals surface area contributed by atoms with Crippen molar-refractivity contribution in [1.82, 2.24) is 10.2 Å². The average molecular weight is 382 g/mol. The number of amides is 2. The van der Waals surface area contributed by atoms with Crippen LogP contribution in [0.1, 0.15) is 18.4 Å². The number of piperidine rings is 1. The third-order valence-electron chi connectivity index (χ3n) is 4.86. The summed E-state index contributed by atoms with van der Waals surface area (Å²) >= 11 is 0. The highest BCUT2D eigenvalue weighted by Gasteiger charge is 2.24. The minimum Gasteiger partial charge on any atom is -0.484 e. The van der Waals surface area contributed by atoms with E-state index in [1.807, 2.05) is 49.4 Å². The van der Waals surface area contributed by atoms with Crippen LogP contribution in [0.25, 0.3) is 0 Å². The lowest BCUT2D eigenvalue weighted by atomic mass is 9.97. The second kappa shape index (κ2) is 9.78. The largest absolute Gasteiger partial charge is 0.484 e. The van der Waals surface area contributed by atoms with Crippen LogP contribution >= 0.6 is 0 Å². The van der Waals surface area contributed by atoms with Gasteiger partial charge in [-0.3, -0.25) is 4.79 Å². The van der Waals surface area contributed by atoms with E-state index in [9.17, 15) is 9.59 Å². The normalized spacial score (nSPS) is 14.4. The van der Waals surface area contributed by atoms with Crippen molar-refractivity contribution in [3.63, 3.8) is 0 Å².